The van der Waals surface area contributed by atoms with Gasteiger partial charge in [0, 0.05) is 13.1 Å². The number of benzene rings is 2. The molecule has 3 aliphatic rings. The maximum atomic E-state index is 13.5. The van der Waals surface area contributed by atoms with E-state index >= 15 is 0 Å². The Morgan fingerprint density at radius 1 is 0.900 bits per heavy atom. The van der Waals surface area contributed by atoms with Crippen LogP contribution in [-0.2, 0) is 11.3 Å². The summed E-state index contributed by atoms with van der Waals surface area (Å²) in [6, 6.07) is 13.4. The molecule has 0 radical (unpaired) electrons. The maximum Gasteiger partial charge on any atom is 0.267 e. The number of ether oxygens (including phenoxy) is 4. The molecule has 1 amide bonds. The fourth-order valence-corrected chi connectivity index (χ4v) is 4.52. The third-order valence-corrected chi connectivity index (χ3v) is 6.11. The van der Waals surface area contributed by atoms with Crippen molar-refractivity contribution in [3.8, 4) is 23.0 Å². The second-order valence-corrected chi connectivity index (χ2v) is 8.27. The molecule has 6 nitrogen and oxygen atoms in total. The molecule has 6 heteroatoms. The van der Waals surface area contributed by atoms with Crippen molar-refractivity contribution in [3.05, 3.63) is 48.0 Å². The van der Waals surface area contributed by atoms with E-state index in [0.29, 0.717) is 24.0 Å². The molecule has 0 N–H and O–H groups in total. The minimum Gasteiger partial charge on any atom is -0.485 e. The summed E-state index contributed by atoms with van der Waals surface area (Å²) in [4.78, 5) is 15.4. The highest BCUT2D eigenvalue weighted by molar-refractivity contribution is 5.82. The molecule has 2 aliphatic heterocycles. The quantitative estimate of drug-likeness (QED) is 0.742. The van der Waals surface area contributed by atoms with Crippen LogP contribution in [0.3, 0.4) is 0 Å². The molecule has 5 rings (SSSR count). The molecule has 2 heterocycles. The van der Waals surface area contributed by atoms with Crippen LogP contribution in [0.15, 0.2) is 42.5 Å². The van der Waals surface area contributed by atoms with Crippen molar-refractivity contribution >= 4 is 5.91 Å². The molecule has 0 aromatic heterocycles. The van der Waals surface area contributed by atoms with Gasteiger partial charge in [-0.15, -0.1) is 0 Å². The van der Waals surface area contributed by atoms with Crippen LogP contribution in [0.1, 0.15) is 37.7 Å². The Balaban J connectivity index is 1.34. The van der Waals surface area contributed by atoms with Crippen LogP contribution in [0.5, 0.6) is 23.0 Å². The Bertz CT molecular complexity index is 908. The Morgan fingerprint density at radius 2 is 1.67 bits per heavy atom. The van der Waals surface area contributed by atoms with Gasteiger partial charge >= 0.3 is 0 Å². The van der Waals surface area contributed by atoms with Crippen LogP contribution < -0.4 is 18.9 Å². The van der Waals surface area contributed by atoms with Crippen molar-refractivity contribution < 1.29 is 23.7 Å². The van der Waals surface area contributed by atoms with Gasteiger partial charge in [0.2, 0.25) is 12.9 Å². The van der Waals surface area contributed by atoms with Crippen molar-refractivity contribution in [2.75, 3.05) is 19.9 Å². The van der Waals surface area contributed by atoms with E-state index in [2.05, 4.69) is 0 Å². The van der Waals surface area contributed by atoms with E-state index in [4.69, 9.17) is 18.9 Å². The SMILES string of the molecule is O=C([C@@H]1COc2ccccc2O1)N(Cc1ccc2c(c1)OCO2)CC1CCCCC1. The normalized spacial score (nSPS) is 20.1. The zero-order valence-corrected chi connectivity index (χ0v) is 17.0. The highest BCUT2D eigenvalue weighted by atomic mass is 16.7. The molecule has 1 aliphatic carbocycles. The Hall–Kier alpha value is -2.89. The minimum absolute atomic E-state index is 0.0206. The lowest BCUT2D eigenvalue weighted by Gasteiger charge is -2.34. The molecule has 1 saturated carbocycles. The number of carbonyl (C=O) groups is 1. The van der Waals surface area contributed by atoms with Crippen LogP contribution in [0.4, 0.5) is 0 Å². The fourth-order valence-electron chi connectivity index (χ4n) is 4.52. The monoisotopic (exact) mass is 409 g/mol. The fraction of sp³-hybridized carbons (Fsp3) is 0.458. The van der Waals surface area contributed by atoms with Gasteiger partial charge in [0.1, 0.15) is 6.61 Å². The van der Waals surface area contributed by atoms with E-state index in [-0.39, 0.29) is 19.3 Å². The standard InChI is InChI=1S/C24H27NO5/c26-24(23-15-27-19-8-4-5-9-21(19)30-23)25(13-17-6-2-1-3-7-17)14-18-10-11-20-22(12-18)29-16-28-20/h4-5,8-12,17,23H,1-3,6-7,13-16H2/t23-/m0/s1. The highest BCUT2D eigenvalue weighted by Crippen LogP contribution is 2.34. The van der Waals surface area contributed by atoms with E-state index in [1.807, 2.05) is 47.4 Å². The lowest BCUT2D eigenvalue weighted by atomic mass is 9.88. The van der Waals surface area contributed by atoms with Crippen LogP contribution in [0, 0.1) is 5.92 Å². The Kier molecular flexibility index (Phi) is 5.39. The lowest BCUT2D eigenvalue weighted by Crippen LogP contribution is -2.47. The average Bonchev–Trinajstić information content (AvgIpc) is 3.26. The number of nitrogens with zero attached hydrogens (tertiary/aromatic N) is 1. The zero-order chi connectivity index (χ0) is 20.3. The first-order valence-electron chi connectivity index (χ1n) is 10.8. The molecule has 0 spiro atoms. The zero-order valence-electron chi connectivity index (χ0n) is 17.0. The van der Waals surface area contributed by atoms with E-state index in [9.17, 15) is 4.79 Å². The van der Waals surface area contributed by atoms with Crippen LogP contribution in [-0.4, -0.2) is 36.9 Å². The van der Waals surface area contributed by atoms with Gasteiger partial charge in [-0.25, -0.2) is 0 Å². The predicted octanol–water partition coefficient (Wildman–Crippen LogP) is 4.16. The molecule has 0 bridgehead atoms. The summed E-state index contributed by atoms with van der Waals surface area (Å²) in [5, 5.41) is 0. The van der Waals surface area contributed by atoms with Crippen molar-refractivity contribution in [2.45, 2.75) is 44.8 Å². The largest absolute Gasteiger partial charge is 0.485 e. The summed E-state index contributed by atoms with van der Waals surface area (Å²) in [6.07, 6.45) is 5.51. The Morgan fingerprint density at radius 3 is 2.53 bits per heavy atom. The topological polar surface area (TPSA) is 57.2 Å². The molecule has 1 atom stereocenters. The molecule has 2 aromatic carbocycles. The van der Waals surface area contributed by atoms with Gasteiger partial charge in [-0.3, -0.25) is 4.79 Å². The van der Waals surface area contributed by atoms with Gasteiger partial charge in [0.25, 0.3) is 5.91 Å². The first-order chi connectivity index (χ1) is 14.8. The third-order valence-electron chi connectivity index (χ3n) is 6.11. The number of amides is 1. The molecule has 30 heavy (non-hydrogen) atoms. The van der Waals surface area contributed by atoms with Crippen molar-refractivity contribution in [2.24, 2.45) is 5.92 Å². The summed E-state index contributed by atoms with van der Waals surface area (Å²) in [6.45, 7) is 1.75. The summed E-state index contributed by atoms with van der Waals surface area (Å²) in [7, 11) is 0. The molecule has 0 saturated heterocycles. The van der Waals surface area contributed by atoms with Gasteiger partial charge in [-0.1, -0.05) is 37.5 Å². The van der Waals surface area contributed by atoms with E-state index in [0.717, 1.165) is 23.6 Å². The smallest absolute Gasteiger partial charge is 0.267 e. The van der Waals surface area contributed by atoms with Crippen LogP contribution in [0.25, 0.3) is 0 Å². The van der Waals surface area contributed by atoms with E-state index in [1.165, 1.54) is 32.1 Å². The molecule has 158 valence electrons. The number of hydrogen-bond donors (Lipinski definition) is 0. The molecule has 1 fully saturated rings. The second kappa shape index (κ2) is 8.46. The summed E-state index contributed by atoms with van der Waals surface area (Å²) in [5.41, 5.74) is 1.03. The second-order valence-electron chi connectivity index (χ2n) is 8.27. The minimum atomic E-state index is -0.627. The van der Waals surface area contributed by atoms with Crippen LogP contribution in [0.2, 0.25) is 0 Å². The van der Waals surface area contributed by atoms with Gasteiger partial charge in [-0.05, 0) is 48.6 Å². The first-order valence-corrected chi connectivity index (χ1v) is 10.8. The number of para-hydroxylation sites is 2. The average molecular weight is 409 g/mol. The van der Waals surface area contributed by atoms with E-state index < -0.39 is 6.10 Å². The molecular weight excluding hydrogens is 382 g/mol. The summed E-state index contributed by atoms with van der Waals surface area (Å²) < 4.78 is 22.7. The molecule has 2 aromatic rings. The van der Waals surface area contributed by atoms with E-state index in [1.54, 1.807) is 0 Å². The third kappa shape index (κ3) is 4.04. The van der Waals surface area contributed by atoms with Gasteiger partial charge in [-0.2, -0.15) is 0 Å². The number of carbonyl (C=O) groups excluding carboxylic acids is 1. The highest BCUT2D eigenvalue weighted by Gasteiger charge is 2.32. The predicted molar refractivity (Wildman–Crippen MR) is 111 cm³/mol. The van der Waals surface area contributed by atoms with Crippen molar-refractivity contribution in [1.82, 2.24) is 4.90 Å². The number of hydrogen-bond acceptors (Lipinski definition) is 5. The number of fused-ring (bicyclic) bond motifs is 2. The summed E-state index contributed by atoms with van der Waals surface area (Å²) in [5.74, 6) is 3.33. The van der Waals surface area contributed by atoms with Gasteiger partial charge < -0.3 is 23.8 Å². The van der Waals surface area contributed by atoms with Crippen molar-refractivity contribution in [1.29, 1.82) is 0 Å². The summed E-state index contributed by atoms with van der Waals surface area (Å²) >= 11 is 0. The molecule has 0 unspecified atom stereocenters. The first kappa shape index (κ1) is 19.1. The van der Waals surface area contributed by atoms with Gasteiger partial charge in [0.15, 0.2) is 23.0 Å². The molecular formula is C24H27NO5. The maximum absolute atomic E-state index is 13.5. The number of rotatable bonds is 5. The van der Waals surface area contributed by atoms with Crippen molar-refractivity contribution in [3.63, 3.8) is 0 Å². The van der Waals surface area contributed by atoms with Crippen LogP contribution >= 0.6 is 0 Å². The lowest BCUT2D eigenvalue weighted by molar-refractivity contribution is -0.142. The van der Waals surface area contributed by atoms with Gasteiger partial charge in [0.05, 0.1) is 0 Å². The Labute approximate surface area is 176 Å².